The standard InChI is InChI=1S/C24H22N4O6/c1-3-8-27-18-7-5-4-6-14(18)16-11-25-28(23(30)22(16)27)12-21(29)26-17-10-20-19(33-13-34-20)9-15(17)24(31)32-2/h4-7,9-11H,3,8,12-13H2,1-2H3,(H,26,29). The summed E-state index contributed by atoms with van der Waals surface area (Å²) in [5, 5.41) is 8.59. The second-order valence-corrected chi connectivity index (χ2v) is 7.83. The zero-order valence-corrected chi connectivity index (χ0v) is 18.7. The zero-order chi connectivity index (χ0) is 23.8. The lowest BCUT2D eigenvalue weighted by Crippen LogP contribution is -2.30. The molecule has 1 aliphatic heterocycles. The highest BCUT2D eigenvalue weighted by Crippen LogP contribution is 2.37. The van der Waals surface area contributed by atoms with Crippen LogP contribution in [0.2, 0.25) is 0 Å². The number of benzene rings is 2. The summed E-state index contributed by atoms with van der Waals surface area (Å²) in [6.45, 7) is 2.38. The molecule has 0 radical (unpaired) electrons. The zero-order valence-electron chi connectivity index (χ0n) is 18.7. The number of nitrogens with one attached hydrogen (secondary N) is 1. The highest BCUT2D eigenvalue weighted by atomic mass is 16.7. The number of esters is 1. The van der Waals surface area contributed by atoms with Crippen molar-refractivity contribution in [3.63, 3.8) is 0 Å². The van der Waals surface area contributed by atoms with Gasteiger partial charge in [0.1, 0.15) is 12.1 Å². The van der Waals surface area contributed by atoms with Crippen LogP contribution in [-0.2, 0) is 22.6 Å². The Kier molecular flexibility index (Phi) is 5.40. The lowest BCUT2D eigenvalue weighted by molar-refractivity contribution is -0.117. The van der Waals surface area contributed by atoms with Gasteiger partial charge in [0.25, 0.3) is 5.56 Å². The molecule has 0 spiro atoms. The summed E-state index contributed by atoms with van der Waals surface area (Å²) in [7, 11) is 1.24. The molecule has 5 rings (SSSR count). The number of amides is 1. The van der Waals surface area contributed by atoms with E-state index in [9.17, 15) is 14.4 Å². The van der Waals surface area contributed by atoms with Gasteiger partial charge >= 0.3 is 5.97 Å². The lowest BCUT2D eigenvalue weighted by Gasteiger charge is -2.12. The molecule has 2 aromatic heterocycles. The maximum atomic E-state index is 13.3. The minimum Gasteiger partial charge on any atom is -0.465 e. The van der Waals surface area contributed by atoms with Gasteiger partial charge in [-0.15, -0.1) is 0 Å². The molecule has 10 heteroatoms. The average molecular weight is 462 g/mol. The number of nitrogens with zero attached hydrogens (tertiary/aromatic N) is 3. The Hall–Kier alpha value is -4.34. The van der Waals surface area contributed by atoms with Crippen LogP contribution < -0.4 is 20.3 Å². The van der Waals surface area contributed by atoms with Crippen molar-refractivity contribution in [2.24, 2.45) is 0 Å². The van der Waals surface area contributed by atoms with Crippen molar-refractivity contribution in [3.05, 3.63) is 58.5 Å². The molecular weight excluding hydrogens is 440 g/mol. The molecule has 34 heavy (non-hydrogen) atoms. The van der Waals surface area contributed by atoms with E-state index in [1.807, 2.05) is 35.8 Å². The number of hydrogen-bond donors (Lipinski definition) is 1. The van der Waals surface area contributed by atoms with E-state index in [4.69, 9.17) is 14.2 Å². The Morgan fingerprint density at radius 2 is 1.91 bits per heavy atom. The summed E-state index contributed by atoms with van der Waals surface area (Å²) in [5.41, 5.74) is 1.39. The third-order valence-electron chi connectivity index (χ3n) is 5.71. The molecule has 2 aromatic carbocycles. The third-order valence-corrected chi connectivity index (χ3v) is 5.71. The number of aromatic nitrogens is 3. The summed E-state index contributed by atoms with van der Waals surface area (Å²) < 4.78 is 18.5. The van der Waals surface area contributed by atoms with Gasteiger partial charge in [-0.05, 0) is 12.5 Å². The molecule has 0 atom stereocenters. The highest BCUT2D eigenvalue weighted by Gasteiger charge is 2.23. The Labute approximate surface area is 193 Å². The molecule has 3 heterocycles. The van der Waals surface area contributed by atoms with Crippen LogP contribution in [0, 0.1) is 0 Å². The molecule has 1 aliphatic rings. The normalized spacial score (nSPS) is 12.3. The van der Waals surface area contributed by atoms with Crippen molar-refractivity contribution in [1.29, 1.82) is 0 Å². The third kappa shape index (κ3) is 3.53. The van der Waals surface area contributed by atoms with Gasteiger partial charge in [-0.3, -0.25) is 9.59 Å². The van der Waals surface area contributed by atoms with Crippen LogP contribution in [0.4, 0.5) is 5.69 Å². The number of ether oxygens (including phenoxy) is 3. The van der Waals surface area contributed by atoms with Crippen LogP contribution in [0.25, 0.3) is 21.8 Å². The summed E-state index contributed by atoms with van der Waals surface area (Å²) in [4.78, 5) is 38.4. The topological polar surface area (TPSA) is 114 Å². The Balaban J connectivity index is 1.50. The SMILES string of the molecule is CCCn1c2ccccc2c2cnn(CC(=O)Nc3cc4c(cc3C(=O)OC)OCO4)c(=O)c21. The summed E-state index contributed by atoms with van der Waals surface area (Å²) in [6.07, 6.45) is 2.45. The molecule has 4 aromatic rings. The minimum absolute atomic E-state index is 0.0123. The van der Waals surface area contributed by atoms with E-state index >= 15 is 0 Å². The molecule has 0 aliphatic carbocycles. The summed E-state index contributed by atoms with van der Waals surface area (Å²) in [5.74, 6) is -0.403. The molecule has 1 N–H and O–H groups in total. The van der Waals surface area contributed by atoms with E-state index < -0.39 is 11.9 Å². The van der Waals surface area contributed by atoms with E-state index in [2.05, 4.69) is 10.4 Å². The number of fused-ring (bicyclic) bond motifs is 4. The first-order valence-electron chi connectivity index (χ1n) is 10.8. The Morgan fingerprint density at radius 1 is 1.15 bits per heavy atom. The van der Waals surface area contributed by atoms with Gasteiger partial charge in [0.05, 0.1) is 24.6 Å². The van der Waals surface area contributed by atoms with Crippen molar-refractivity contribution < 1.29 is 23.8 Å². The number of methoxy groups -OCH3 is 1. The first kappa shape index (κ1) is 21.5. The largest absolute Gasteiger partial charge is 0.465 e. The van der Waals surface area contributed by atoms with Gasteiger partial charge in [-0.25, -0.2) is 9.48 Å². The number of carbonyl (C=O) groups excluding carboxylic acids is 2. The van der Waals surface area contributed by atoms with Crippen molar-refractivity contribution in [2.45, 2.75) is 26.4 Å². The minimum atomic E-state index is -0.644. The summed E-state index contributed by atoms with van der Waals surface area (Å²) in [6, 6.07) is 10.7. The molecule has 0 saturated carbocycles. The number of anilines is 1. The maximum Gasteiger partial charge on any atom is 0.340 e. The smallest absolute Gasteiger partial charge is 0.340 e. The molecule has 174 valence electrons. The molecule has 10 nitrogen and oxygen atoms in total. The average Bonchev–Trinajstić information content (AvgIpc) is 3.43. The molecule has 0 fully saturated rings. The van der Waals surface area contributed by atoms with Crippen LogP contribution in [0.1, 0.15) is 23.7 Å². The van der Waals surface area contributed by atoms with Gasteiger partial charge in [-0.1, -0.05) is 25.1 Å². The van der Waals surface area contributed by atoms with Crippen molar-refractivity contribution in [1.82, 2.24) is 14.3 Å². The van der Waals surface area contributed by atoms with Crippen LogP contribution >= 0.6 is 0 Å². The van der Waals surface area contributed by atoms with Gasteiger partial charge < -0.3 is 24.1 Å². The number of hydrogen-bond acceptors (Lipinski definition) is 7. The fourth-order valence-corrected chi connectivity index (χ4v) is 4.21. The second kappa shape index (κ2) is 8.54. The molecular formula is C24H22N4O6. The van der Waals surface area contributed by atoms with Gasteiger partial charge in [-0.2, -0.15) is 5.10 Å². The van der Waals surface area contributed by atoms with Gasteiger partial charge in [0, 0.05) is 35.0 Å². The molecule has 1 amide bonds. The monoisotopic (exact) mass is 462 g/mol. The van der Waals surface area contributed by atoms with Crippen LogP contribution in [0.5, 0.6) is 11.5 Å². The lowest BCUT2D eigenvalue weighted by atomic mass is 10.1. The number of aryl methyl sites for hydroxylation is 1. The van der Waals surface area contributed by atoms with Crippen molar-refractivity contribution in [3.8, 4) is 11.5 Å². The van der Waals surface area contributed by atoms with Crippen LogP contribution in [-0.4, -0.2) is 40.1 Å². The van der Waals surface area contributed by atoms with E-state index in [1.165, 1.54) is 19.2 Å². The number of para-hydroxylation sites is 1. The Morgan fingerprint density at radius 3 is 2.68 bits per heavy atom. The number of rotatable bonds is 6. The summed E-state index contributed by atoms with van der Waals surface area (Å²) >= 11 is 0. The van der Waals surface area contributed by atoms with E-state index in [-0.39, 0.29) is 30.1 Å². The van der Waals surface area contributed by atoms with E-state index in [0.29, 0.717) is 23.6 Å². The van der Waals surface area contributed by atoms with E-state index in [0.717, 1.165) is 27.4 Å². The fourth-order valence-electron chi connectivity index (χ4n) is 4.21. The van der Waals surface area contributed by atoms with Gasteiger partial charge in [0.2, 0.25) is 12.7 Å². The number of carbonyl (C=O) groups is 2. The predicted molar refractivity (Wildman–Crippen MR) is 124 cm³/mol. The van der Waals surface area contributed by atoms with Crippen LogP contribution in [0.3, 0.4) is 0 Å². The van der Waals surface area contributed by atoms with Crippen LogP contribution in [0.15, 0.2) is 47.4 Å². The quantitative estimate of drug-likeness (QED) is 0.438. The molecule has 0 bridgehead atoms. The van der Waals surface area contributed by atoms with E-state index in [1.54, 1.807) is 6.20 Å². The fraction of sp³-hybridized carbons (Fsp3) is 0.250. The molecule has 0 unspecified atom stereocenters. The molecule has 0 saturated heterocycles. The first-order valence-corrected chi connectivity index (χ1v) is 10.8. The second-order valence-electron chi connectivity index (χ2n) is 7.83. The first-order chi connectivity index (χ1) is 16.5. The Bertz CT molecular complexity index is 1500. The van der Waals surface area contributed by atoms with Crippen molar-refractivity contribution in [2.75, 3.05) is 19.2 Å². The van der Waals surface area contributed by atoms with Gasteiger partial charge in [0.15, 0.2) is 11.5 Å². The highest BCUT2D eigenvalue weighted by molar-refractivity contribution is 6.07. The maximum absolute atomic E-state index is 13.3. The predicted octanol–water partition coefficient (Wildman–Crippen LogP) is 2.92. The van der Waals surface area contributed by atoms with Crippen molar-refractivity contribution >= 4 is 39.4 Å².